The number of nitrogens with two attached hydrogens (primary N) is 1. The minimum Gasteiger partial charge on any atom is -0.465 e. The lowest BCUT2D eigenvalue weighted by molar-refractivity contribution is 0.0602. The van der Waals surface area contributed by atoms with Crippen LogP contribution in [0.1, 0.15) is 23.2 Å². The van der Waals surface area contributed by atoms with Crippen LogP contribution in [0.2, 0.25) is 0 Å². The van der Waals surface area contributed by atoms with Crippen LogP contribution in [0.3, 0.4) is 0 Å². The summed E-state index contributed by atoms with van der Waals surface area (Å²) < 4.78 is 4.72. The number of carbonyl (C=O) groups is 3. The van der Waals surface area contributed by atoms with Gasteiger partial charge in [0, 0.05) is 19.6 Å². The number of rotatable bonds is 4. The van der Waals surface area contributed by atoms with Gasteiger partial charge in [-0.2, -0.15) is 0 Å². The number of esters is 1. The van der Waals surface area contributed by atoms with Gasteiger partial charge in [-0.15, -0.1) is 0 Å². The predicted molar refractivity (Wildman–Crippen MR) is 88.7 cm³/mol. The molecule has 1 atom stereocenters. The molecule has 8 nitrogen and oxygen atoms in total. The number of amides is 4. The van der Waals surface area contributed by atoms with E-state index in [2.05, 4.69) is 10.6 Å². The van der Waals surface area contributed by atoms with Gasteiger partial charge in [0.1, 0.15) is 0 Å². The zero-order valence-electron chi connectivity index (χ0n) is 13.6. The molecular weight excluding hydrogens is 312 g/mol. The number of carbonyl (C=O) groups excluding carboxylic acids is 3. The van der Waals surface area contributed by atoms with Crippen LogP contribution in [-0.2, 0) is 4.74 Å². The molecule has 0 bridgehead atoms. The van der Waals surface area contributed by atoms with Crippen molar-refractivity contribution in [2.75, 3.05) is 32.1 Å². The number of benzene rings is 1. The molecule has 2 rings (SSSR count). The van der Waals surface area contributed by atoms with Crippen molar-refractivity contribution in [3.63, 3.8) is 0 Å². The number of hydrogen-bond acceptors (Lipinski definition) is 4. The van der Waals surface area contributed by atoms with Crippen molar-refractivity contribution in [3.05, 3.63) is 29.8 Å². The van der Waals surface area contributed by atoms with Crippen LogP contribution >= 0.6 is 0 Å². The van der Waals surface area contributed by atoms with Crippen LogP contribution in [0.15, 0.2) is 24.3 Å². The number of nitrogens with one attached hydrogen (secondary N) is 2. The lowest BCUT2D eigenvalue weighted by atomic mass is 9.98. The Morgan fingerprint density at radius 3 is 2.79 bits per heavy atom. The van der Waals surface area contributed by atoms with Crippen LogP contribution < -0.4 is 16.4 Å². The summed E-state index contributed by atoms with van der Waals surface area (Å²) in [5.74, 6) is -0.346. The zero-order valence-corrected chi connectivity index (χ0v) is 13.6. The van der Waals surface area contributed by atoms with Gasteiger partial charge in [0.2, 0.25) is 0 Å². The molecule has 24 heavy (non-hydrogen) atoms. The molecule has 1 aliphatic heterocycles. The molecule has 0 spiro atoms. The number of nitrogens with zero attached hydrogens (tertiary/aromatic N) is 1. The Bertz CT molecular complexity index is 620. The number of methoxy groups -OCH3 is 1. The first kappa shape index (κ1) is 17.6. The standard InChI is InChI=1S/C16H22N4O4/c1-24-14(21)12-6-2-3-7-13(12)19-16(23)20-8-4-5-11(10-20)9-18-15(17)22/h2-3,6-7,11H,4-5,8-10H2,1H3,(H,19,23)(H3,17,18,22)/t11-/m0/s1. The number of anilines is 1. The van der Waals surface area contributed by atoms with Gasteiger partial charge in [-0.05, 0) is 30.9 Å². The van der Waals surface area contributed by atoms with Gasteiger partial charge in [-0.25, -0.2) is 14.4 Å². The molecule has 0 saturated carbocycles. The normalized spacial score (nSPS) is 17.0. The Hall–Kier alpha value is -2.77. The van der Waals surface area contributed by atoms with E-state index in [1.54, 1.807) is 29.2 Å². The summed E-state index contributed by atoms with van der Waals surface area (Å²) in [5.41, 5.74) is 5.79. The van der Waals surface area contributed by atoms with Crippen molar-refractivity contribution in [1.82, 2.24) is 10.2 Å². The van der Waals surface area contributed by atoms with Crippen LogP contribution in [0.4, 0.5) is 15.3 Å². The molecule has 4 amide bonds. The molecule has 130 valence electrons. The summed E-state index contributed by atoms with van der Waals surface area (Å²) in [7, 11) is 1.29. The fraction of sp³-hybridized carbons (Fsp3) is 0.438. The smallest absolute Gasteiger partial charge is 0.339 e. The van der Waals surface area contributed by atoms with Gasteiger partial charge in [0.15, 0.2) is 0 Å². The third-order valence-electron chi connectivity index (χ3n) is 3.95. The Kier molecular flexibility index (Phi) is 6.00. The maximum atomic E-state index is 12.5. The molecule has 0 radical (unpaired) electrons. The highest BCUT2D eigenvalue weighted by molar-refractivity contribution is 6.00. The second-order valence-electron chi connectivity index (χ2n) is 5.67. The van der Waals surface area contributed by atoms with E-state index >= 15 is 0 Å². The minimum absolute atomic E-state index is 0.160. The Morgan fingerprint density at radius 2 is 2.08 bits per heavy atom. The first-order valence-electron chi connectivity index (χ1n) is 7.78. The Balaban J connectivity index is 1.99. The summed E-state index contributed by atoms with van der Waals surface area (Å²) in [6.45, 7) is 1.59. The van der Waals surface area contributed by atoms with Crippen molar-refractivity contribution >= 4 is 23.7 Å². The summed E-state index contributed by atoms with van der Waals surface area (Å²) in [5, 5.41) is 5.33. The molecular formula is C16H22N4O4. The number of para-hydroxylation sites is 1. The monoisotopic (exact) mass is 334 g/mol. The van der Waals surface area contributed by atoms with Gasteiger partial charge in [0.05, 0.1) is 18.4 Å². The largest absolute Gasteiger partial charge is 0.465 e. The number of piperidine rings is 1. The van der Waals surface area contributed by atoms with E-state index in [0.29, 0.717) is 30.9 Å². The topological polar surface area (TPSA) is 114 Å². The predicted octanol–water partition coefficient (Wildman–Crippen LogP) is 1.39. The summed E-state index contributed by atoms with van der Waals surface area (Å²) in [6, 6.07) is 5.84. The maximum Gasteiger partial charge on any atom is 0.339 e. The average Bonchev–Trinajstić information content (AvgIpc) is 2.60. The van der Waals surface area contributed by atoms with E-state index in [4.69, 9.17) is 10.5 Å². The van der Waals surface area contributed by atoms with Gasteiger partial charge in [0.25, 0.3) is 0 Å². The fourth-order valence-corrected chi connectivity index (χ4v) is 2.74. The quantitative estimate of drug-likeness (QED) is 0.722. The molecule has 1 saturated heterocycles. The first-order valence-corrected chi connectivity index (χ1v) is 7.78. The maximum absolute atomic E-state index is 12.5. The second-order valence-corrected chi connectivity index (χ2v) is 5.67. The van der Waals surface area contributed by atoms with Crippen LogP contribution in [0.5, 0.6) is 0 Å². The molecule has 0 aliphatic carbocycles. The lowest BCUT2D eigenvalue weighted by Crippen LogP contribution is -2.46. The second kappa shape index (κ2) is 8.19. The van der Waals surface area contributed by atoms with Crippen molar-refractivity contribution in [2.24, 2.45) is 11.7 Å². The number of likely N-dealkylation sites (tertiary alicyclic amines) is 1. The molecule has 8 heteroatoms. The third kappa shape index (κ3) is 4.61. The van der Waals surface area contributed by atoms with Gasteiger partial charge >= 0.3 is 18.0 Å². The number of primary amides is 1. The fourth-order valence-electron chi connectivity index (χ4n) is 2.74. The third-order valence-corrected chi connectivity index (χ3v) is 3.95. The van der Waals surface area contributed by atoms with Crippen LogP contribution in [0, 0.1) is 5.92 Å². The average molecular weight is 334 g/mol. The highest BCUT2D eigenvalue weighted by Crippen LogP contribution is 2.20. The van der Waals surface area contributed by atoms with E-state index in [1.165, 1.54) is 7.11 Å². The summed E-state index contributed by atoms with van der Waals surface area (Å²) >= 11 is 0. The molecule has 0 unspecified atom stereocenters. The zero-order chi connectivity index (χ0) is 17.5. The highest BCUT2D eigenvalue weighted by atomic mass is 16.5. The van der Waals surface area contributed by atoms with Crippen LogP contribution in [0.25, 0.3) is 0 Å². The van der Waals surface area contributed by atoms with E-state index < -0.39 is 12.0 Å². The number of ether oxygens (including phenoxy) is 1. The van der Waals surface area contributed by atoms with E-state index in [1.807, 2.05) is 0 Å². The molecule has 1 aliphatic rings. The molecule has 4 N–H and O–H groups in total. The molecule has 1 aromatic rings. The number of hydrogen-bond donors (Lipinski definition) is 3. The van der Waals surface area contributed by atoms with E-state index in [0.717, 1.165) is 12.8 Å². The summed E-state index contributed by atoms with van der Waals surface area (Å²) in [4.78, 5) is 36.7. The molecule has 1 fully saturated rings. The Morgan fingerprint density at radius 1 is 1.33 bits per heavy atom. The lowest BCUT2D eigenvalue weighted by Gasteiger charge is -2.32. The molecule has 1 heterocycles. The van der Waals surface area contributed by atoms with Gasteiger partial charge in [-0.3, -0.25) is 0 Å². The van der Waals surface area contributed by atoms with E-state index in [-0.39, 0.29) is 11.9 Å². The summed E-state index contributed by atoms with van der Waals surface area (Å²) in [6.07, 6.45) is 1.76. The Labute approximate surface area is 140 Å². The molecule has 0 aromatic heterocycles. The van der Waals surface area contributed by atoms with Crippen molar-refractivity contribution in [3.8, 4) is 0 Å². The number of urea groups is 2. The minimum atomic E-state index is -0.566. The van der Waals surface area contributed by atoms with Crippen molar-refractivity contribution < 1.29 is 19.1 Å². The van der Waals surface area contributed by atoms with E-state index in [9.17, 15) is 14.4 Å². The highest BCUT2D eigenvalue weighted by Gasteiger charge is 2.24. The molecule has 1 aromatic carbocycles. The van der Waals surface area contributed by atoms with Crippen LogP contribution in [-0.4, -0.2) is 49.7 Å². The van der Waals surface area contributed by atoms with Crippen molar-refractivity contribution in [2.45, 2.75) is 12.8 Å². The SMILES string of the molecule is COC(=O)c1ccccc1NC(=O)N1CCC[C@@H](CNC(N)=O)C1. The van der Waals surface area contributed by atoms with Gasteiger partial charge < -0.3 is 26.0 Å². The van der Waals surface area contributed by atoms with Gasteiger partial charge in [-0.1, -0.05) is 12.1 Å². The van der Waals surface area contributed by atoms with Crippen molar-refractivity contribution in [1.29, 1.82) is 0 Å². The first-order chi connectivity index (χ1) is 11.5.